The molecule has 0 unspecified atom stereocenters. The summed E-state index contributed by atoms with van der Waals surface area (Å²) in [6, 6.07) is 0. The molecule has 0 bridgehead atoms. The number of hydrogen-bond acceptors (Lipinski definition) is 5. The summed E-state index contributed by atoms with van der Waals surface area (Å²) in [6.45, 7) is 3.01. The number of hydrogen-bond donors (Lipinski definition) is 0. The van der Waals surface area contributed by atoms with E-state index in [2.05, 4.69) is 6.92 Å². The number of nitrogens with zero attached hydrogens (tertiary/aromatic N) is 1. The van der Waals surface area contributed by atoms with Gasteiger partial charge in [0.25, 0.3) is 11.8 Å². The van der Waals surface area contributed by atoms with Crippen LogP contribution in [0.3, 0.4) is 0 Å². The molecular formula is C13H21NO5. The third-order valence-corrected chi connectivity index (χ3v) is 2.79. The van der Waals surface area contributed by atoms with Crippen molar-refractivity contribution in [2.24, 2.45) is 0 Å². The van der Waals surface area contributed by atoms with Crippen LogP contribution in [0.4, 0.5) is 0 Å². The zero-order chi connectivity index (χ0) is 14.1. The van der Waals surface area contributed by atoms with Gasteiger partial charge in [-0.2, -0.15) is 0 Å². The molecule has 1 aliphatic heterocycles. The molecule has 0 aliphatic carbocycles. The fourth-order valence-electron chi connectivity index (χ4n) is 1.69. The minimum Gasteiger partial charge on any atom is -0.381 e. The first-order valence-electron chi connectivity index (χ1n) is 6.79. The highest BCUT2D eigenvalue weighted by atomic mass is 16.7. The van der Waals surface area contributed by atoms with Crippen LogP contribution < -0.4 is 0 Å². The predicted octanol–water partition coefficient (Wildman–Crippen LogP) is 1.58. The standard InChI is InChI=1S/C13H21NO5/c1-2-3-4-5-9-18-10-8-13(17)19-14-11(15)6-7-12(14)16/h2-10H2,1H3. The van der Waals surface area contributed by atoms with E-state index in [9.17, 15) is 14.4 Å². The molecule has 0 N–H and O–H groups in total. The van der Waals surface area contributed by atoms with Gasteiger partial charge in [-0.25, -0.2) is 4.79 Å². The number of carbonyl (C=O) groups is 3. The summed E-state index contributed by atoms with van der Waals surface area (Å²) in [5.74, 6) is -1.53. The highest BCUT2D eigenvalue weighted by molar-refractivity contribution is 6.01. The van der Waals surface area contributed by atoms with Gasteiger partial charge in [0, 0.05) is 19.4 Å². The van der Waals surface area contributed by atoms with Crippen LogP contribution in [0.25, 0.3) is 0 Å². The molecule has 0 aromatic heterocycles. The Balaban J connectivity index is 2.05. The summed E-state index contributed by atoms with van der Waals surface area (Å²) < 4.78 is 5.28. The van der Waals surface area contributed by atoms with Crippen LogP contribution in [0.15, 0.2) is 0 Å². The van der Waals surface area contributed by atoms with Crippen LogP contribution in [0.1, 0.15) is 51.9 Å². The normalized spacial score (nSPS) is 15.1. The molecule has 1 fully saturated rings. The molecule has 0 radical (unpaired) electrons. The van der Waals surface area contributed by atoms with Gasteiger partial charge in [-0.05, 0) is 6.42 Å². The Hall–Kier alpha value is -1.43. The van der Waals surface area contributed by atoms with Gasteiger partial charge in [-0.15, -0.1) is 5.06 Å². The van der Waals surface area contributed by atoms with E-state index in [1.165, 1.54) is 12.8 Å². The van der Waals surface area contributed by atoms with Gasteiger partial charge >= 0.3 is 5.97 Å². The monoisotopic (exact) mass is 271 g/mol. The fourth-order valence-corrected chi connectivity index (χ4v) is 1.69. The predicted molar refractivity (Wildman–Crippen MR) is 66.8 cm³/mol. The van der Waals surface area contributed by atoms with E-state index < -0.39 is 17.8 Å². The van der Waals surface area contributed by atoms with Crippen molar-refractivity contribution in [1.29, 1.82) is 0 Å². The van der Waals surface area contributed by atoms with Crippen molar-refractivity contribution in [2.75, 3.05) is 13.2 Å². The number of ether oxygens (including phenoxy) is 1. The second kappa shape index (κ2) is 8.63. The van der Waals surface area contributed by atoms with Crippen LogP contribution in [0.5, 0.6) is 0 Å². The number of rotatable bonds is 9. The summed E-state index contributed by atoms with van der Waals surface area (Å²) in [6.07, 6.45) is 4.73. The van der Waals surface area contributed by atoms with Crippen molar-refractivity contribution in [3.05, 3.63) is 0 Å². The summed E-state index contributed by atoms with van der Waals surface area (Å²) in [5.41, 5.74) is 0. The Labute approximate surface area is 113 Å². The molecule has 2 amide bonds. The lowest BCUT2D eigenvalue weighted by Crippen LogP contribution is -2.32. The Morgan fingerprint density at radius 3 is 2.42 bits per heavy atom. The molecule has 0 aromatic carbocycles. The second-order valence-electron chi connectivity index (χ2n) is 4.47. The van der Waals surface area contributed by atoms with E-state index in [0.29, 0.717) is 11.7 Å². The highest BCUT2D eigenvalue weighted by Crippen LogP contribution is 2.12. The average Bonchev–Trinajstić information content (AvgIpc) is 2.69. The molecule has 1 aliphatic rings. The third-order valence-electron chi connectivity index (χ3n) is 2.79. The van der Waals surface area contributed by atoms with Crippen LogP contribution in [-0.4, -0.2) is 36.1 Å². The van der Waals surface area contributed by atoms with Crippen LogP contribution in [-0.2, 0) is 24.0 Å². The molecule has 0 atom stereocenters. The Morgan fingerprint density at radius 2 is 1.79 bits per heavy atom. The number of imide groups is 1. The number of hydroxylamine groups is 2. The SMILES string of the molecule is CCCCCCOCCC(=O)ON1C(=O)CCC1=O. The molecule has 1 rings (SSSR count). The average molecular weight is 271 g/mol. The van der Waals surface area contributed by atoms with Crippen LogP contribution in [0.2, 0.25) is 0 Å². The first-order valence-corrected chi connectivity index (χ1v) is 6.79. The fraction of sp³-hybridized carbons (Fsp3) is 0.769. The Kier molecular flexibility index (Phi) is 7.10. The van der Waals surface area contributed by atoms with Crippen molar-refractivity contribution in [3.63, 3.8) is 0 Å². The number of amides is 2. The summed E-state index contributed by atoms with van der Waals surface area (Å²) >= 11 is 0. The highest BCUT2D eigenvalue weighted by Gasteiger charge is 2.32. The zero-order valence-electron chi connectivity index (χ0n) is 11.4. The molecule has 0 spiro atoms. The first kappa shape index (κ1) is 15.6. The van der Waals surface area contributed by atoms with Gasteiger partial charge in [0.2, 0.25) is 0 Å². The van der Waals surface area contributed by atoms with Crippen LogP contribution in [0, 0.1) is 0 Å². The van der Waals surface area contributed by atoms with Gasteiger partial charge in [0.1, 0.15) is 0 Å². The van der Waals surface area contributed by atoms with E-state index in [1.807, 2.05) is 0 Å². The first-order chi connectivity index (χ1) is 9.15. The minimum absolute atomic E-state index is 0.0465. The number of carbonyl (C=O) groups excluding carboxylic acids is 3. The maximum Gasteiger partial charge on any atom is 0.335 e. The second-order valence-corrected chi connectivity index (χ2v) is 4.47. The van der Waals surface area contributed by atoms with Crippen molar-refractivity contribution in [2.45, 2.75) is 51.9 Å². The molecule has 1 saturated heterocycles. The lowest BCUT2D eigenvalue weighted by Gasteiger charge is -2.12. The quantitative estimate of drug-likeness (QED) is 0.470. The lowest BCUT2D eigenvalue weighted by molar-refractivity contribution is -0.198. The van der Waals surface area contributed by atoms with Gasteiger partial charge in [-0.3, -0.25) is 9.59 Å². The van der Waals surface area contributed by atoms with E-state index in [-0.39, 0.29) is 25.9 Å². The zero-order valence-corrected chi connectivity index (χ0v) is 11.4. The minimum atomic E-state index is -0.614. The summed E-state index contributed by atoms with van der Waals surface area (Å²) in [5, 5.41) is 0.559. The smallest absolute Gasteiger partial charge is 0.335 e. The number of unbranched alkanes of at least 4 members (excludes halogenated alkanes) is 3. The largest absolute Gasteiger partial charge is 0.381 e. The lowest BCUT2D eigenvalue weighted by atomic mass is 10.2. The van der Waals surface area contributed by atoms with Gasteiger partial charge in [0.15, 0.2) is 0 Å². The topological polar surface area (TPSA) is 72.9 Å². The molecule has 0 aromatic rings. The van der Waals surface area contributed by atoms with Crippen molar-refractivity contribution in [3.8, 4) is 0 Å². The summed E-state index contributed by atoms with van der Waals surface area (Å²) in [4.78, 5) is 38.5. The van der Waals surface area contributed by atoms with Gasteiger partial charge < -0.3 is 9.57 Å². The van der Waals surface area contributed by atoms with Crippen molar-refractivity contribution >= 4 is 17.8 Å². The van der Waals surface area contributed by atoms with Gasteiger partial charge in [-0.1, -0.05) is 26.2 Å². The van der Waals surface area contributed by atoms with Crippen molar-refractivity contribution in [1.82, 2.24) is 5.06 Å². The maximum atomic E-state index is 11.4. The van der Waals surface area contributed by atoms with E-state index in [1.54, 1.807) is 0 Å². The maximum absolute atomic E-state index is 11.4. The third kappa shape index (κ3) is 5.83. The van der Waals surface area contributed by atoms with E-state index in [4.69, 9.17) is 9.57 Å². The molecule has 108 valence electrons. The molecule has 19 heavy (non-hydrogen) atoms. The molecule has 6 nitrogen and oxygen atoms in total. The molecular weight excluding hydrogens is 250 g/mol. The molecule has 0 saturated carbocycles. The van der Waals surface area contributed by atoms with Gasteiger partial charge in [0.05, 0.1) is 13.0 Å². The van der Waals surface area contributed by atoms with E-state index >= 15 is 0 Å². The molecule has 6 heteroatoms. The molecule has 1 heterocycles. The van der Waals surface area contributed by atoms with E-state index in [0.717, 1.165) is 12.8 Å². The van der Waals surface area contributed by atoms with Crippen molar-refractivity contribution < 1.29 is 24.0 Å². The van der Waals surface area contributed by atoms with Crippen LogP contribution >= 0.6 is 0 Å². The Bertz CT molecular complexity index is 313. The summed E-state index contributed by atoms with van der Waals surface area (Å²) in [7, 11) is 0. The Morgan fingerprint density at radius 1 is 1.11 bits per heavy atom.